The van der Waals surface area contributed by atoms with Crippen LogP contribution in [0.3, 0.4) is 0 Å². The van der Waals surface area contributed by atoms with E-state index < -0.39 is 0 Å². The Kier molecular flexibility index (Phi) is 7.47. The standard InChI is InChI=1S/C19H21BrN2O4/c1-4-9-26-17-8-6-14(11-18(17)25-3)19(23)22-21-12-13-5-7-16(24-2)15(20)10-13/h5-8,10-12H,4,9H2,1-3H3,(H,22,23)/b21-12+. The molecule has 138 valence electrons. The SMILES string of the molecule is CCCOc1ccc(C(=O)N/N=C/c2ccc(OC)c(Br)c2)cc1OC. The van der Waals surface area contributed by atoms with Gasteiger partial charge in [-0.15, -0.1) is 0 Å². The van der Waals surface area contributed by atoms with Crippen molar-refractivity contribution in [2.75, 3.05) is 20.8 Å². The predicted octanol–water partition coefficient (Wildman–Crippen LogP) is 4.02. The molecule has 7 heteroatoms. The number of methoxy groups -OCH3 is 2. The third-order valence-corrected chi connectivity index (χ3v) is 4.06. The summed E-state index contributed by atoms with van der Waals surface area (Å²) in [5.74, 6) is 1.50. The molecular formula is C19H21BrN2O4. The maximum atomic E-state index is 12.2. The van der Waals surface area contributed by atoms with E-state index in [9.17, 15) is 4.79 Å². The molecule has 2 aromatic carbocycles. The molecule has 1 N–H and O–H groups in total. The van der Waals surface area contributed by atoms with Gasteiger partial charge in [0.1, 0.15) is 5.75 Å². The molecule has 26 heavy (non-hydrogen) atoms. The monoisotopic (exact) mass is 420 g/mol. The molecule has 0 heterocycles. The molecule has 0 unspecified atom stereocenters. The number of halogens is 1. The van der Waals surface area contributed by atoms with Gasteiger partial charge >= 0.3 is 0 Å². The van der Waals surface area contributed by atoms with E-state index in [0.29, 0.717) is 23.7 Å². The van der Waals surface area contributed by atoms with Crippen LogP contribution in [0.5, 0.6) is 17.2 Å². The zero-order valence-corrected chi connectivity index (χ0v) is 16.5. The van der Waals surface area contributed by atoms with Crippen LogP contribution in [0.25, 0.3) is 0 Å². The van der Waals surface area contributed by atoms with Gasteiger partial charge in [0.05, 0.1) is 31.5 Å². The van der Waals surface area contributed by atoms with Gasteiger partial charge in [-0.3, -0.25) is 4.79 Å². The summed E-state index contributed by atoms with van der Waals surface area (Å²) in [6.07, 6.45) is 2.44. The number of nitrogens with zero attached hydrogens (tertiary/aromatic N) is 1. The van der Waals surface area contributed by atoms with E-state index >= 15 is 0 Å². The van der Waals surface area contributed by atoms with Gasteiger partial charge < -0.3 is 14.2 Å². The molecular weight excluding hydrogens is 400 g/mol. The second kappa shape index (κ2) is 9.82. The summed E-state index contributed by atoms with van der Waals surface area (Å²) < 4.78 is 16.8. The minimum Gasteiger partial charge on any atom is -0.496 e. The highest BCUT2D eigenvalue weighted by atomic mass is 79.9. The second-order valence-electron chi connectivity index (χ2n) is 5.31. The number of benzene rings is 2. The van der Waals surface area contributed by atoms with Gasteiger partial charge in [-0.1, -0.05) is 6.92 Å². The van der Waals surface area contributed by atoms with Gasteiger partial charge in [-0.05, 0) is 64.3 Å². The van der Waals surface area contributed by atoms with Gasteiger partial charge in [-0.25, -0.2) is 5.43 Å². The summed E-state index contributed by atoms with van der Waals surface area (Å²) in [5, 5.41) is 3.98. The summed E-state index contributed by atoms with van der Waals surface area (Å²) in [4.78, 5) is 12.2. The fraction of sp³-hybridized carbons (Fsp3) is 0.263. The first-order chi connectivity index (χ1) is 12.6. The minimum absolute atomic E-state index is 0.339. The molecule has 0 saturated carbocycles. The number of hydrazone groups is 1. The van der Waals surface area contributed by atoms with E-state index in [-0.39, 0.29) is 5.91 Å². The third kappa shape index (κ3) is 5.23. The number of carbonyl (C=O) groups excluding carboxylic acids is 1. The predicted molar refractivity (Wildman–Crippen MR) is 105 cm³/mol. The highest BCUT2D eigenvalue weighted by Crippen LogP contribution is 2.28. The van der Waals surface area contributed by atoms with Crippen LogP contribution in [0.4, 0.5) is 0 Å². The summed E-state index contributed by atoms with van der Waals surface area (Å²) in [6.45, 7) is 2.61. The lowest BCUT2D eigenvalue weighted by molar-refractivity contribution is 0.0954. The molecule has 1 amide bonds. The van der Waals surface area contributed by atoms with Crippen LogP contribution in [0.1, 0.15) is 29.3 Å². The lowest BCUT2D eigenvalue weighted by Gasteiger charge is -2.11. The number of ether oxygens (including phenoxy) is 3. The Morgan fingerprint density at radius 3 is 2.50 bits per heavy atom. The number of hydrogen-bond donors (Lipinski definition) is 1. The number of amides is 1. The molecule has 0 saturated heterocycles. The van der Waals surface area contributed by atoms with Gasteiger partial charge in [0, 0.05) is 5.56 Å². The summed E-state index contributed by atoms with van der Waals surface area (Å²) in [6, 6.07) is 10.5. The molecule has 2 aromatic rings. The van der Waals surface area contributed by atoms with Gasteiger partial charge in [0.2, 0.25) is 0 Å². The Bertz CT molecular complexity index is 793. The van der Waals surface area contributed by atoms with E-state index in [1.807, 2.05) is 25.1 Å². The molecule has 0 radical (unpaired) electrons. The molecule has 2 rings (SSSR count). The van der Waals surface area contributed by atoms with Crippen molar-refractivity contribution in [1.29, 1.82) is 0 Å². The Hall–Kier alpha value is -2.54. The normalized spacial score (nSPS) is 10.6. The molecule has 0 atom stereocenters. The summed E-state index contributed by atoms with van der Waals surface area (Å²) in [7, 11) is 3.14. The zero-order valence-electron chi connectivity index (χ0n) is 14.9. The number of nitrogens with one attached hydrogen (secondary N) is 1. The first-order valence-electron chi connectivity index (χ1n) is 8.06. The first kappa shape index (κ1) is 19.8. The van der Waals surface area contributed by atoms with Crippen molar-refractivity contribution >= 4 is 28.1 Å². The highest BCUT2D eigenvalue weighted by molar-refractivity contribution is 9.10. The average molecular weight is 421 g/mol. The average Bonchev–Trinajstić information content (AvgIpc) is 2.66. The Morgan fingerprint density at radius 1 is 1.12 bits per heavy atom. The molecule has 0 bridgehead atoms. The van der Waals surface area contributed by atoms with E-state index in [4.69, 9.17) is 14.2 Å². The van der Waals surface area contributed by atoms with E-state index in [0.717, 1.165) is 22.2 Å². The topological polar surface area (TPSA) is 69.2 Å². The zero-order chi connectivity index (χ0) is 18.9. The van der Waals surface area contributed by atoms with Crippen molar-refractivity contribution in [2.24, 2.45) is 5.10 Å². The Morgan fingerprint density at radius 2 is 1.85 bits per heavy atom. The lowest BCUT2D eigenvalue weighted by atomic mass is 10.2. The van der Waals surface area contributed by atoms with Crippen LogP contribution in [0.15, 0.2) is 46.0 Å². The fourth-order valence-corrected chi connectivity index (χ4v) is 2.69. The van der Waals surface area contributed by atoms with Crippen molar-refractivity contribution < 1.29 is 19.0 Å². The van der Waals surface area contributed by atoms with Crippen LogP contribution in [0, 0.1) is 0 Å². The van der Waals surface area contributed by atoms with Crippen LogP contribution < -0.4 is 19.6 Å². The smallest absolute Gasteiger partial charge is 0.271 e. The Balaban J connectivity index is 2.04. The minimum atomic E-state index is -0.339. The van der Waals surface area contributed by atoms with Crippen LogP contribution in [-0.2, 0) is 0 Å². The summed E-state index contributed by atoms with van der Waals surface area (Å²) in [5.41, 5.74) is 3.74. The molecule has 0 aromatic heterocycles. The molecule has 6 nitrogen and oxygen atoms in total. The Labute approximate surface area is 161 Å². The van der Waals surface area contributed by atoms with Gasteiger partial charge in [0.25, 0.3) is 5.91 Å². The molecule has 0 aliphatic rings. The molecule has 0 aliphatic carbocycles. The van der Waals surface area contributed by atoms with Crippen molar-refractivity contribution in [3.63, 3.8) is 0 Å². The number of hydrogen-bond acceptors (Lipinski definition) is 5. The first-order valence-corrected chi connectivity index (χ1v) is 8.86. The molecule has 0 fully saturated rings. The summed E-state index contributed by atoms with van der Waals surface area (Å²) >= 11 is 3.41. The van der Waals surface area contributed by atoms with Gasteiger partial charge in [-0.2, -0.15) is 5.10 Å². The highest BCUT2D eigenvalue weighted by Gasteiger charge is 2.10. The van der Waals surface area contributed by atoms with Crippen molar-refractivity contribution in [2.45, 2.75) is 13.3 Å². The third-order valence-electron chi connectivity index (χ3n) is 3.44. The van der Waals surface area contributed by atoms with E-state index in [2.05, 4.69) is 26.5 Å². The lowest BCUT2D eigenvalue weighted by Crippen LogP contribution is -2.17. The fourth-order valence-electron chi connectivity index (χ4n) is 2.13. The van der Waals surface area contributed by atoms with Crippen LogP contribution in [0.2, 0.25) is 0 Å². The quantitative estimate of drug-likeness (QED) is 0.517. The molecule has 0 spiro atoms. The second-order valence-corrected chi connectivity index (χ2v) is 6.16. The van der Waals surface area contributed by atoms with Crippen LogP contribution >= 0.6 is 15.9 Å². The van der Waals surface area contributed by atoms with E-state index in [1.54, 1.807) is 31.5 Å². The van der Waals surface area contributed by atoms with Gasteiger partial charge in [0.15, 0.2) is 11.5 Å². The molecule has 0 aliphatic heterocycles. The van der Waals surface area contributed by atoms with Crippen molar-refractivity contribution in [1.82, 2.24) is 5.43 Å². The van der Waals surface area contributed by atoms with Crippen LogP contribution in [-0.4, -0.2) is 32.9 Å². The maximum Gasteiger partial charge on any atom is 0.271 e. The van der Waals surface area contributed by atoms with E-state index in [1.165, 1.54) is 7.11 Å². The number of carbonyl (C=O) groups is 1. The van der Waals surface area contributed by atoms with Crippen molar-refractivity contribution in [3.05, 3.63) is 52.0 Å². The largest absolute Gasteiger partial charge is 0.496 e. The van der Waals surface area contributed by atoms with Crippen molar-refractivity contribution in [3.8, 4) is 17.2 Å². The maximum absolute atomic E-state index is 12.2. The number of rotatable bonds is 8.